The molecule has 0 saturated heterocycles. The second-order valence-corrected chi connectivity index (χ2v) is 2.46. The fraction of sp³-hybridized carbons (Fsp3) is 0.833. The van der Waals surface area contributed by atoms with Gasteiger partial charge >= 0.3 is 5.97 Å². The highest BCUT2D eigenvalue weighted by Crippen LogP contribution is 2.06. The van der Waals surface area contributed by atoms with Crippen LogP contribution in [0.2, 0.25) is 0 Å². The molecule has 0 radical (unpaired) electrons. The first kappa shape index (κ1) is 9.39. The molecule has 0 aliphatic rings. The molecule has 0 unspecified atom stereocenters. The van der Waals surface area contributed by atoms with Gasteiger partial charge in [-0.1, -0.05) is 0 Å². The van der Waals surface area contributed by atoms with Gasteiger partial charge in [-0.15, -0.1) is 0 Å². The van der Waals surface area contributed by atoms with E-state index in [9.17, 15) is 4.79 Å². The molecule has 4 nitrogen and oxygen atoms in total. The van der Waals surface area contributed by atoms with E-state index in [0.29, 0.717) is 0 Å². The SMILES string of the molecule is C[C@H](O)[C@H](C(=O)O)[C@@H](C)N. The number of nitrogens with two attached hydrogens (primary N) is 1. The van der Waals surface area contributed by atoms with Crippen molar-refractivity contribution in [3.63, 3.8) is 0 Å². The smallest absolute Gasteiger partial charge is 0.310 e. The van der Waals surface area contributed by atoms with Crippen molar-refractivity contribution in [3.05, 3.63) is 0 Å². The van der Waals surface area contributed by atoms with Crippen molar-refractivity contribution in [2.24, 2.45) is 11.7 Å². The number of hydrogen-bond acceptors (Lipinski definition) is 3. The Bertz CT molecular complexity index is 114. The highest BCUT2D eigenvalue weighted by atomic mass is 16.4. The van der Waals surface area contributed by atoms with Gasteiger partial charge in [0.25, 0.3) is 0 Å². The molecular formula is C6H13NO3. The molecule has 0 amide bonds. The molecule has 0 heterocycles. The minimum Gasteiger partial charge on any atom is -0.481 e. The first-order valence-corrected chi connectivity index (χ1v) is 3.13. The largest absolute Gasteiger partial charge is 0.481 e. The van der Waals surface area contributed by atoms with Crippen molar-refractivity contribution in [1.29, 1.82) is 0 Å². The van der Waals surface area contributed by atoms with Gasteiger partial charge < -0.3 is 15.9 Å². The van der Waals surface area contributed by atoms with Crippen LogP contribution in [0, 0.1) is 5.92 Å². The predicted octanol–water partition coefficient (Wildman–Crippen LogP) is -0.585. The van der Waals surface area contributed by atoms with Crippen LogP contribution < -0.4 is 5.73 Å². The first-order valence-electron chi connectivity index (χ1n) is 3.13. The van der Waals surface area contributed by atoms with E-state index in [0.717, 1.165) is 0 Å². The number of hydrogen-bond donors (Lipinski definition) is 3. The first-order chi connectivity index (χ1) is 4.46. The Morgan fingerprint density at radius 3 is 1.90 bits per heavy atom. The van der Waals surface area contributed by atoms with Crippen molar-refractivity contribution in [1.82, 2.24) is 0 Å². The number of carbonyl (C=O) groups is 1. The van der Waals surface area contributed by atoms with Crippen LogP contribution in [0.15, 0.2) is 0 Å². The molecule has 0 bridgehead atoms. The molecule has 0 aromatic rings. The topological polar surface area (TPSA) is 83.5 Å². The molecule has 0 saturated carbocycles. The molecule has 60 valence electrons. The van der Waals surface area contributed by atoms with Crippen LogP contribution in [-0.4, -0.2) is 28.3 Å². The Morgan fingerprint density at radius 2 is 1.90 bits per heavy atom. The third kappa shape index (κ3) is 2.33. The average molecular weight is 147 g/mol. The Kier molecular flexibility index (Phi) is 3.32. The number of aliphatic carboxylic acids is 1. The summed E-state index contributed by atoms with van der Waals surface area (Å²) < 4.78 is 0. The van der Waals surface area contributed by atoms with Crippen molar-refractivity contribution in [3.8, 4) is 0 Å². The van der Waals surface area contributed by atoms with Gasteiger partial charge in [-0.2, -0.15) is 0 Å². The van der Waals surface area contributed by atoms with Gasteiger partial charge in [-0.05, 0) is 13.8 Å². The summed E-state index contributed by atoms with van der Waals surface area (Å²) in [4.78, 5) is 10.3. The van der Waals surface area contributed by atoms with Crippen LogP contribution in [0.3, 0.4) is 0 Å². The van der Waals surface area contributed by atoms with Gasteiger partial charge in [0.2, 0.25) is 0 Å². The maximum Gasteiger partial charge on any atom is 0.310 e. The van der Waals surface area contributed by atoms with Crippen LogP contribution in [0.5, 0.6) is 0 Å². The zero-order valence-electron chi connectivity index (χ0n) is 6.11. The lowest BCUT2D eigenvalue weighted by atomic mass is 9.97. The number of rotatable bonds is 3. The highest BCUT2D eigenvalue weighted by Gasteiger charge is 2.26. The lowest BCUT2D eigenvalue weighted by Crippen LogP contribution is -2.39. The summed E-state index contributed by atoms with van der Waals surface area (Å²) >= 11 is 0. The third-order valence-electron chi connectivity index (χ3n) is 1.37. The van der Waals surface area contributed by atoms with E-state index in [1.807, 2.05) is 0 Å². The van der Waals surface area contributed by atoms with E-state index < -0.39 is 24.0 Å². The molecule has 3 atom stereocenters. The Balaban J connectivity index is 4.12. The summed E-state index contributed by atoms with van der Waals surface area (Å²) in [5.41, 5.74) is 5.30. The molecule has 0 spiro atoms. The molecule has 10 heavy (non-hydrogen) atoms. The normalized spacial score (nSPS) is 19.6. The van der Waals surface area contributed by atoms with E-state index in [1.165, 1.54) is 6.92 Å². The third-order valence-corrected chi connectivity index (χ3v) is 1.37. The fourth-order valence-electron chi connectivity index (χ4n) is 0.871. The van der Waals surface area contributed by atoms with Gasteiger partial charge in [0.1, 0.15) is 0 Å². The fourth-order valence-corrected chi connectivity index (χ4v) is 0.871. The molecule has 4 heteroatoms. The Labute approximate surface area is 59.7 Å². The van der Waals surface area contributed by atoms with Crippen LogP contribution in [0.25, 0.3) is 0 Å². The van der Waals surface area contributed by atoms with E-state index in [4.69, 9.17) is 15.9 Å². The number of carboxylic acid groups (broad SMARTS) is 1. The molecule has 4 N–H and O–H groups in total. The maximum absolute atomic E-state index is 10.3. The Morgan fingerprint density at radius 1 is 1.50 bits per heavy atom. The van der Waals surface area contributed by atoms with Gasteiger partial charge in [-0.25, -0.2) is 0 Å². The summed E-state index contributed by atoms with van der Waals surface area (Å²) in [6.45, 7) is 2.98. The van der Waals surface area contributed by atoms with Crippen LogP contribution in [0.4, 0.5) is 0 Å². The van der Waals surface area contributed by atoms with Crippen LogP contribution >= 0.6 is 0 Å². The quantitative estimate of drug-likeness (QED) is 0.498. The molecular weight excluding hydrogens is 134 g/mol. The summed E-state index contributed by atoms with van der Waals surface area (Å²) in [6, 6.07) is -0.516. The lowest BCUT2D eigenvalue weighted by Gasteiger charge is -2.18. The van der Waals surface area contributed by atoms with Crippen molar-refractivity contribution in [2.45, 2.75) is 26.0 Å². The number of carboxylic acids is 1. The zero-order chi connectivity index (χ0) is 8.31. The number of aliphatic hydroxyl groups is 1. The highest BCUT2D eigenvalue weighted by molar-refractivity contribution is 5.71. The summed E-state index contributed by atoms with van der Waals surface area (Å²) in [5, 5.41) is 17.4. The van der Waals surface area contributed by atoms with E-state index in [-0.39, 0.29) is 0 Å². The molecule has 0 aromatic carbocycles. The van der Waals surface area contributed by atoms with Crippen molar-refractivity contribution < 1.29 is 15.0 Å². The lowest BCUT2D eigenvalue weighted by molar-refractivity contribution is -0.146. The second kappa shape index (κ2) is 3.53. The molecule has 0 aliphatic carbocycles. The van der Waals surface area contributed by atoms with Gasteiger partial charge in [0.05, 0.1) is 12.0 Å². The second-order valence-electron chi connectivity index (χ2n) is 2.46. The molecule has 0 fully saturated rings. The van der Waals surface area contributed by atoms with Gasteiger partial charge in [0.15, 0.2) is 0 Å². The summed E-state index contributed by atoms with van der Waals surface area (Å²) in [7, 11) is 0. The average Bonchev–Trinajstić information content (AvgIpc) is 1.59. The molecule has 0 rings (SSSR count). The minimum atomic E-state index is -1.05. The standard InChI is InChI=1S/C6H13NO3/c1-3(7)5(4(2)8)6(9)10/h3-5,8H,7H2,1-2H3,(H,9,10)/t3-,4+,5-/m1/s1. The Hall–Kier alpha value is -0.610. The summed E-state index contributed by atoms with van der Waals surface area (Å²) in [5.74, 6) is -1.91. The predicted molar refractivity (Wildman–Crippen MR) is 36.5 cm³/mol. The van der Waals surface area contributed by atoms with E-state index >= 15 is 0 Å². The van der Waals surface area contributed by atoms with Crippen molar-refractivity contribution in [2.75, 3.05) is 0 Å². The van der Waals surface area contributed by atoms with Gasteiger partial charge in [0, 0.05) is 6.04 Å². The number of aliphatic hydroxyl groups excluding tert-OH is 1. The van der Waals surface area contributed by atoms with Crippen LogP contribution in [0.1, 0.15) is 13.8 Å². The monoisotopic (exact) mass is 147 g/mol. The molecule has 0 aliphatic heterocycles. The minimum absolute atomic E-state index is 0.516. The maximum atomic E-state index is 10.3. The van der Waals surface area contributed by atoms with E-state index in [2.05, 4.69) is 0 Å². The van der Waals surface area contributed by atoms with Gasteiger partial charge in [-0.3, -0.25) is 4.79 Å². The van der Waals surface area contributed by atoms with Crippen LogP contribution in [-0.2, 0) is 4.79 Å². The van der Waals surface area contributed by atoms with Crippen molar-refractivity contribution >= 4 is 5.97 Å². The summed E-state index contributed by atoms with van der Waals surface area (Å²) in [6.07, 6.45) is -0.891. The zero-order valence-corrected chi connectivity index (χ0v) is 6.11. The molecule has 0 aromatic heterocycles. The van der Waals surface area contributed by atoms with E-state index in [1.54, 1.807) is 6.92 Å².